The Balaban J connectivity index is 1.52. The molecule has 0 aromatic heterocycles. The summed E-state index contributed by atoms with van der Waals surface area (Å²) in [4.78, 5) is 0. The summed E-state index contributed by atoms with van der Waals surface area (Å²) < 4.78 is 0. The molecule has 1 heteroatoms. The first-order valence-corrected chi connectivity index (χ1v) is 12.7. The summed E-state index contributed by atoms with van der Waals surface area (Å²) in [7, 11) is 0. The lowest BCUT2D eigenvalue weighted by atomic mass is 9.48. The van der Waals surface area contributed by atoms with E-state index in [9.17, 15) is 5.11 Å². The van der Waals surface area contributed by atoms with Crippen LogP contribution in [0, 0.1) is 46.3 Å². The molecule has 1 nitrogen and oxygen atoms in total. The third-order valence-electron chi connectivity index (χ3n) is 10.7. The molecule has 0 amide bonds. The first kappa shape index (κ1) is 21.7. The van der Waals surface area contributed by atoms with Crippen molar-refractivity contribution in [1.82, 2.24) is 0 Å². The maximum atomic E-state index is 10.2. The van der Waals surface area contributed by atoms with Gasteiger partial charge in [-0.15, -0.1) is 0 Å². The molecule has 4 rings (SSSR count). The van der Waals surface area contributed by atoms with Crippen LogP contribution >= 0.6 is 0 Å². The van der Waals surface area contributed by atoms with Gasteiger partial charge in [-0.2, -0.15) is 0 Å². The third kappa shape index (κ3) is 3.58. The van der Waals surface area contributed by atoms with Gasteiger partial charge < -0.3 is 5.11 Å². The van der Waals surface area contributed by atoms with Crippen molar-refractivity contribution in [3.05, 3.63) is 23.3 Å². The van der Waals surface area contributed by atoms with Crippen molar-refractivity contribution in [2.75, 3.05) is 0 Å². The molecular weight excluding hydrogens is 352 g/mol. The molecule has 0 bridgehead atoms. The molecule has 0 spiro atoms. The van der Waals surface area contributed by atoms with Crippen molar-refractivity contribution in [2.24, 2.45) is 46.3 Å². The smallest absolute Gasteiger partial charge is 0.0543 e. The summed E-state index contributed by atoms with van der Waals surface area (Å²) in [5.41, 5.74) is 4.42. The van der Waals surface area contributed by atoms with E-state index in [1.54, 1.807) is 5.57 Å². The van der Waals surface area contributed by atoms with Crippen LogP contribution in [0.5, 0.6) is 0 Å². The Morgan fingerprint density at radius 2 is 1.76 bits per heavy atom. The van der Waals surface area contributed by atoms with Gasteiger partial charge >= 0.3 is 0 Å². The second kappa shape index (κ2) is 7.85. The summed E-state index contributed by atoms with van der Waals surface area (Å²) in [6.45, 7) is 14.7. The molecule has 164 valence electrons. The summed E-state index contributed by atoms with van der Waals surface area (Å²) >= 11 is 0. The van der Waals surface area contributed by atoms with Gasteiger partial charge in [0, 0.05) is 0 Å². The van der Waals surface area contributed by atoms with Gasteiger partial charge in [-0.1, -0.05) is 57.9 Å². The van der Waals surface area contributed by atoms with E-state index in [2.05, 4.69) is 53.7 Å². The highest BCUT2D eigenvalue weighted by Crippen LogP contribution is 2.66. The molecule has 0 heterocycles. The molecule has 8 atom stereocenters. The lowest BCUT2D eigenvalue weighted by molar-refractivity contribution is -0.0397. The predicted molar refractivity (Wildman–Crippen MR) is 124 cm³/mol. The average molecular weight is 399 g/mol. The van der Waals surface area contributed by atoms with Gasteiger partial charge in [-0.25, -0.2) is 0 Å². The van der Waals surface area contributed by atoms with E-state index in [0.717, 1.165) is 36.5 Å². The number of rotatable bonds is 4. The summed E-state index contributed by atoms with van der Waals surface area (Å²) in [5.74, 6) is 4.64. The van der Waals surface area contributed by atoms with Gasteiger partial charge in [0.25, 0.3) is 0 Å². The Kier molecular flexibility index (Phi) is 5.86. The van der Waals surface area contributed by atoms with E-state index in [4.69, 9.17) is 0 Å². The number of fused-ring (bicyclic) bond motifs is 5. The van der Waals surface area contributed by atoms with Gasteiger partial charge in [-0.3, -0.25) is 0 Å². The SMILES string of the molecule is C/C(=C\C[C@@H]1CC[C@@H]2C3=CC[C@@H]4C[C@H](O)CC[C@]4(C)[C@@H]3CC[C@]12C)[C@H](C)C(C)C. The number of hydrogen-bond acceptors (Lipinski definition) is 1. The highest BCUT2D eigenvalue weighted by Gasteiger charge is 2.57. The highest BCUT2D eigenvalue weighted by atomic mass is 16.3. The molecule has 0 radical (unpaired) electrons. The maximum Gasteiger partial charge on any atom is 0.0543 e. The van der Waals surface area contributed by atoms with E-state index >= 15 is 0 Å². The standard InChI is InChI=1S/C28H46O/c1-18(2)20(4)19(3)7-8-21-10-12-25-24-11-9-22-17-23(29)13-15-28(22,6)26(24)14-16-27(21,25)5/h7,11,18,20-23,25-26,29H,8-10,12-17H2,1-6H3/b19-7+/t20-,21-,22-,23-,25-,26-,27-,28+/m1/s1. The molecule has 3 saturated carbocycles. The number of allylic oxidation sites excluding steroid dienone is 4. The van der Waals surface area contributed by atoms with Crippen LogP contribution in [0.4, 0.5) is 0 Å². The second-order valence-electron chi connectivity index (χ2n) is 12.2. The van der Waals surface area contributed by atoms with Crippen LogP contribution in [0.2, 0.25) is 0 Å². The fourth-order valence-corrected chi connectivity index (χ4v) is 8.02. The molecule has 0 aromatic rings. The van der Waals surface area contributed by atoms with Gasteiger partial charge in [0.05, 0.1) is 6.10 Å². The monoisotopic (exact) mass is 398 g/mol. The van der Waals surface area contributed by atoms with Crippen molar-refractivity contribution >= 4 is 0 Å². The van der Waals surface area contributed by atoms with E-state index in [0.29, 0.717) is 22.7 Å². The van der Waals surface area contributed by atoms with E-state index in [1.807, 2.05) is 5.57 Å². The van der Waals surface area contributed by atoms with Crippen LogP contribution in [0.15, 0.2) is 23.3 Å². The van der Waals surface area contributed by atoms with Gasteiger partial charge in [0.1, 0.15) is 0 Å². The largest absolute Gasteiger partial charge is 0.393 e. The van der Waals surface area contributed by atoms with Gasteiger partial charge in [0.15, 0.2) is 0 Å². The highest BCUT2D eigenvalue weighted by molar-refractivity contribution is 5.28. The van der Waals surface area contributed by atoms with Crippen molar-refractivity contribution < 1.29 is 5.11 Å². The van der Waals surface area contributed by atoms with Gasteiger partial charge in [0.2, 0.25) is 0 Å². The first-order valence-electron chi connectivity index (χ1n) is 12.7. The number of aliphatic hydroxyl groups excluding tert-OH is 1. The zero-order valence-electron chi connectivity index (χ0n) is 20.0. The normalized spacial score (nSPS) is 46.0. The first-order chi connectivity index (χ1) is 13.7. The van der Waals surface area contributed by atoms with Gasteiger partial charge in [-0.05, 0) is 111 Å². The van der Waals surface area contributed by atoms with Crippen LogP contribution < -0.4 is 0 Å². The quantitative estimate of drug-likeness (QED) is 0.484. The summed E-state index contributed by atoms with van der Waals surface area (Å²) in [5, 5.41) is 10.2. The summed E-state index contributed by atoms with van der Waals surface area (Å²) in [6, 6.07) is 0. The minimum absolute atomic E-state index is 0.0454. The van der Waals surface area contributed by atoms with Crippen molar-refractivity contribution in [3.63, 3.8) is 0 Å². The molecule has 4 aliphatic carbocycles. The molecule has 1 N–H and O–H groups in total. The zero-order chi connectivity index (χ0) is 21.0. The lowest BCUT2D eigenvalue weighted by Gasteiger charge is -2.57. The molecular formula is C28H46O. The Morgan fingerprint density at radius 1 is 1.07 bits per heavy atom. The Bertz CT molecular complexity index is 672. The predicted octanol–water partition coefficient (Wildman–Crippen LogP) is 7.55. The number of hydrogen-bond donors (Lipinski definition) is 1. The summed E-state index contributed by atoms with van der Waals surface area (Å²) in [6.07, 6.45) is 16.7. The van der Waals surface area contributed by atoms with Crippen LogP contribution in [0.3, 0.4) is 0 Å². The van der Waals surface area contributed by atoms with Crippen LogP contribution in [0.1, 0.15) is 99.3 Å². The molecule has 3 fully saturated rings. The minimum Gasteiger partial charge on any atom is -0.393 e. The topological polar surface area (TPSA) is 20.2 Å². The van der Waals surface area contributed by atoms with Crippen LogP contribution in [0.25, 0.3) is 0 Å². The fraction of sp³-hybridized carbons (Fsp3) is 0.857. The Labute approximate surface area is 180 Å². The van der Waals surface area contributed by atoms with Crippen molar-refractivity contribution in [1.29, 1.82) is 0 Å². The van der Waals surface area contributed by atoms with E-state index in [1.165, 1.54) is 44.9 Å². The third-order valence-corrected chi connectivity index (χ3v) is 10.7. The number of aliphatic hydroxyl groups is 1. The molecule has 0 aliphatic heterocycles. The Morgan fingerprint density at radius 3 is 2.48 bits per heavy atom. The van der Waals surface area contributed by atoms with E-state index in [-0.39, 0.29) is 6.10 Å². The lowest BCUT2D eigenvalue weighted by Crippen LogP contribution is -2.49. The van der Waals surface area contributed by atoms with E-state index < -0.39 is 0 Å². The second-order valence-corrected chi connectivity index (χ2v) is 12.2. The van der Waals surface area contributed by atoms with Crippen LogP contribution in [-0.2, 0) is 0 Å². The van der Waals surface area contributed by atoms with Crippen molar-refractivity contribution in [2.45, 2.75) is 105 Å². The molecule has 0 saturated heterocycles. The zero-order valence-corrected chi connectivity index (χ0v) is 20.0. The molecule has 0 unspecified atom stereocenters. The average Bonchev–Trinajstić information content (AvgIpc) is 3.02. The molecule has 0 aromatic carbocycles. The van der Waals surface area contributed by atoms with Crippen LogP contribution in [-0.4, -0.2) is 11.2 Å². The minimum atomic E-state index is -0.0454. The Hall–Kier alpha value is -0.560. The maximum absolute atomic E-state index is 10.2. The van der Waals surface area contributed by atoms with Crippen molar-refractivity contribution in [3.8, 4) is 0 Å². The molecule has 29 heavy (non-hydrogen) atoms. The molecule has 4 aliphatic rings. The fourth-order valence-electron chi connectivity index (χ4n) is 8.02.